The van der Waals surface area contributed by atoms with Crippen molar-refractivity contribution in [2.75, 3.05) is 18.5 Å². The Labute approximate surface area is 225 Å². The van der Waals surface area contributed by atoms with Crippen LogP contribution in [0.3, 0.4) is 0 Å². The van der Waals surface area contributed by atoms with Gasteiger partial charge in [-0.2, -0.15) is 0 Å². The monoisotopic (exact) mass is 562 g/mol. The average Bonchev–Trinajstić information content (AvgIpc) is 3.75. The number of anilines is 1. The molecule has 0 spiro atoms. The maximum absolute atomic E-state index is 13.3. The summed E-state index contributed by atoms with van der Waals surface area (Å²) in [6.45, 7) is 2.13. The lowest BCUT2D eigenvalue weighted by Gasteiger charge is -2.27. The van der Waals surface area contributed by atoms with E-state index in [2.05, 4.69) is 10.3 Å². The number of hydrogen-bond donors (Lipinski definition) is 3. The average molecular weight is 563 g/mol. The van der Waals surface area contributed by atoms with Crippen molar-refractivity contribution in [1.29, 1.82) is 0 Å². The Balaban J connectivity index is 1.50. The largest absolute Gasteiger partial charge is 0.481 e. The zero-order valence-electron chi connectivity index (χ0n) is 21.2. The molecule has 13 heteroatoms. The molecule has 39 heavy (non-hydrogen) atoms. The molecule has 2 atom stereocenters. The summed E-state index contributed by atoms with van der Waals surface area (Å²) in [5, 5.41) is 20.7. The van der Waals surface area contributed by atoms with Crippen molar-refractivity contribution in [3.8, 4) is 5.75 Å². The summed E-state index contributed by atoms with van der Waals surface area (Å²) in [4.78, 5) is 40.2. The van der Waals surface area contributed by atoms with E-state index in [1.165, 1.54) is 30.5 Å². The van der Waals surface area contributed by atoms with Crippen molar-refractivity contribution in [2.45, 2.75) is 67.0 Å². The second-order valence-electron chi connectivity index (χ2n) is 9.72. The van der Waals surface area contributed by atoms with Crippen molar-refractivity contribution in [2.24, 2.45) is 0 Å². The van der Waals surface area contributed by atoms with Crippen molar-refractivity contribution in [3.05, 3.63) is 48.2 Å². The van der Waals surface area contributed by atoms with E-state index < -0.39 is 45.8 Å². The quantitative estimate of drug-likeness (QED) is 0.346. The predicted molar refractivity (Wildman–Crippen MR) is 136 cm³/mol. The number of pyridine rings is 1. The number of hydrogen-bond acceptors (Lipinski definition) is 9. The summed E-state index contributed by atoms with van der Waals surface area (Å²) in [5.74, 6) is -3.21. The number of aliphatic carboxylic acids is 2. The van der Waals surface area contributed by atoms with Gasteiger partial charge in [-0.25, -0.2) is 18.2 Å². The molecule has 2 aliphatic rings. The molecule has 2 aromatic rings. The van der Waals surface area contributed by atoms with E-state index >= 15 is 0 Å². The molecule has 0 radical (unpaired) electrons. The Morgan fingerprint density at radius 3 is 2.28 bits per heavy atom. The number of nitrogens with zero attached hydrogens (tertiary/aromatic N) is 1. The third-order valence-electron chi connectivity index (χ3n) is 6.48. The van der Waals surface area contributed by atoms with Crippen LogP contribution in [-0.4, -0.2) is 71.6 Å². The Morgan fingerprint density at radius 2 is 1.74 bits per heavy atom. The smallest absolute Gasteiger partial charge is 0.348 e. The minimum absolute atomic E-state index is 0.00150. The summed E-state index contributed by atoms with van der Waals surface area (Å²) in [5.41, 5.74) is -1.54. The molecule has 1 aromatic carbocycles. The highest BCUT2D eigenvalue weighted by molar-refractivity contribution is 7.92. The fourth-order valence-electron chi connectivity index (χ4n) is 4.11. The molecule has 1 aromatic heterocycles. The zero-order valence-corrected chi connectivity index (χ0v) is 22.1. The molecular weight excluding hydrogens is 532 g/mol. The van der Waals surface area contributed by atoms with E-state index in [0.29, 0.717) is 44.5 Å². The number of nitrogens with one attached hydrogen (secondary N) is 1. The van der Waals surface area contributed by atoms with Crippen LogP contribution < -0.4 is 10.1 Å². The predicted octanol–water partition coefficient (Wildman–Crippen LogP) is 2.59. The number of benzene rings is 1. The number of rotatable bonds is 12. The molecule has 1 aliphatic heterocycles. The van der Waals surface area contributed by atoms with E-state index in [-0.39, 0.29) is 27.8 Å². The zero-order chi connectivity index (χ0) is 28.2. The number of carbonyl (C=O) groups excluding carboxylic acids is 1. The molecule has 12 nitrogen and oxygen atoms in total. The van der Waals surface area contributed by atoms with Gasteiger partial charge in [0.15, 0.2) is 15.9 Å². The Hall–Kier alpha value is -3.55. The number of aromatic nitrogens is 1. The number of carbonyl (C=O) groups is 3. The fourth-order valence-corrected chi connectivity index (χ4v) is 5.77. The van der Waals surface area contributed by atoms with Gasteiger partial charge in [-0.3, -0.25) is 9.59 Å². The Kier molecular flexibility index (Phi) is 8.52. The lowest BCUT2D eigenvalue weighted by molar-refractivity contribution is -0.160. The second-order valence-corrected chi connectivity index (χ2v) is 11.9. The maximum atomic E-state index is 13.3. The van der Waals surface area contributed by atoms with E-state index in [1.54, 1.807) is 12.1 Å². The molecule has 4 rings (SSSR count). The van der Waals surface area contributed by atoms with E-state index in [1.807, 2.05) is 0 Å². The first kappa shape index (κ1) is 28.5. The van der Waals surface area contributed by atoms with Crippen molar-refractivity contribution < 1.29 is 47.2 Å². The molecule has 1 aliphatic carbocycles. The van der Waals surface area contributed by atoms with E-state index in [0.717, 1.165) is 6.92 Å². The SMILES string of the molecule is CC(CC(=O)O)(Oc1ccc(NC(=O)C(OC2CCOCC2)c2ccc(S(=O)(=O)C3CC3)cc2)nc1)C(=O)O. The van der Waals surface area contributed by atoms with Gasteiger partial charge in [-0.05, 0) is 62.4 Å². The molecule has 1 amide bonds. The second kappa shape index (κ2) is 11.7. The molecule has 210 valence electrons. The van der Waals surface area contributed by atoms with Gasteiger partial charge in [0, 0.05) is 13.2 Å². The summed E-state index contributed by atoms with van der Waals surface area (Å²) in [6.07, 6.45) is 1.59. The van der Waals surface area contributed by atoms with Crippen LogP contribution in [0.25, 0.3) is 0 Å². The molecule has 2 fully saturated rings. The first-order valence-corrected chi connectivity index (χ1v) is 14.0. The molecular formula is C26H30N2O10S. The van der Waals surface area contributed by atoms with Gasteiger partial charge in [0.25, 0.3) is 5.91 Å². The lowest BCUT2D eigenvalue weighted by Crippen LogP contribution is -2.43. The number of amides is 1. The lowest BCUT2D eigenvalue weighted by atomic mass is 10.0. The van der Waals surface area contributed by atoms with Gasteiger partial charge >= 0.3 is 11.9 Å². The highest BCUT2D eigenvalue weighted by atomic mass is 32.2. The topological polar surface area (TPSA) is 178 Å². The fraction of sp³-hybridized carbons (Fsp3) is 0.462. The van der Waals surface area contributed by atoms with Crippen LogP contribution in [0.4, 0.5) is 5.82 Å². The maximum Gasteiger partial charge on any atom is 0.348 e. The molecule has 1 saturated heterocycles. The number of sulfone groups is 1. The van der Waals surface area contributed by atoms with Crippen molar-refractivity contribution >= 4 is 33.5 Å². The molecule has 0 bridgehead atoms. The van der Waals surface area contributed by atoms with Crippen LogP contribution >= 0.6 is 0 Å². The minimum Gasteiger partial charge on any atom is -0.481 e. The van der Waals surface area contributed by atoms with Crippen LogP contribution in [0.2, 0.25) is 0 Å². The highest BCUT2D eigenvalue weighted by Gasteiger charge is 2.39. The highest BCUT2D eigenvalue weighted by Crippen LogP contribution is 2.34. The number of carboxylic acid groups (broad SMARTS) is 2. The van der Waals surface area contributed by atoms with Crippen LogP contribution in [0.15, 0.2) is 47.5 Å². The first-order valence-electron chi connectivity index (χ1n) is 12.5. The summed E-state index contributed by atoms with van der Waals surface area (Å²) in [6, 6.07) is 8.84. The Morgan fingerprint density at radius 1 is 1.08 bits per heavy atom. The third kappa shape index (κ3) is 7.11. The van der Waals surface area contributed by atoms with Gasteiger partial charge in [-0.1, -0.05) is 12.1 Å². The summed E-state index contributed by atoms with van der Waals surface area (Å²) in [7, 11) is -3.38. The van der Waals surface area contributed by atoms with E-state index in [9.17, 15) is 27.9 Å². The molecule has 1 saturated carbocycles. The van der Waals surface area contributed by atoms with Crippen LogP contribution in [0.5, 0.6) is 5.75 Å². The van der Waals surface area contributed by atoms with E-state index in [4.69, 9.17) is 19.3 Å². The van der Waals surface area contributed by atoms with Gasteiger partial charge in [-0.15, -0.1) is 0 Å². The van der Waals surface area contributed by atoms with Gasteiger partial charge in [0.05, 0.1) is 28.9 Å². The van der Waals surface area contributed by atoms with Gasteiger partial charge < -0.3 is 29.7 Å². The van der Waals surface area contributed by atoms with Gasteiger partial charge in [0.1, 0.15) is 11.6 Å². The summed E-state index contributed by atoms with van der Waals surface area (Å²) < 4.78 is 42.0. The Bertz CT molecular complexity index is 1300. The van der Waals surface area contributed by atoms with Gasteiger partial charge in [0.2, 0.25) is 5.60 Å². The van der Waals surface area contributed by atoms with Crippen LogP contribution in [-0.2, 0) is 33.7 Å². The van der Waals surface area contributed by atoms with Crippen molar-refractivity contribution in [1.82, 2.24) is 4.98 Å². The normalized spacial score (nSPS) is 18.5. The number of carboxylic acids is 2. The molecule has 2 unspecified atom stereocenters. The molecule has 2 heterocycles. The summed E-state index contributed by atoms with van der Waals surface area (Å²) >= 11 is 0. The standard InChI is InChI=1S/C26H30N2O10S/c1-26(25(32)33,14-22(29)30)38-18-4-9-21(27-15-18)28-24(31)23(37-17-10-12-36-13-11-17)16-2-5-19(6-3-16)39(34,35)20-7-8-20/h2-6,9,15,17,20,23H,7-8,10-14H2,1H3,(H,29,30)(H,32,33)(H,27,28,31). The van der Waals surface area contributed by atoms with Crippen LogP contribution in [0, 0.1) is 0 Å². The van der Waals surface area contributed by atoms with Crippen LogP contribution in [0.1, 0.15) is 50.7 Å². The molecule has 3 N–H and O–H groups in total. The first-order chi connectivity index (χ1) is 18.5. The minimum atomic E-state index is -3.38. The third-order valence-corrected chi connectivity index (χ3v) is 8.76. The van der Waals surface area contributed by atoms with Crippen molar-refractivity contribution in [3.63, 3.8) is 0 Å². The number of ether oxygens (including phenoxy) is 3.